The summed E-state index contributed by atoms with van der Waals surface area (Å²) in [6.45, 7) is 0.734. The van der Waals surface area contributed by atoms with Gasteiger partial charge in [-0.2, -0.15) is 0 Å². The standard InChI is InChI=1S/C21H22N2O/c24-20(13-16-14-22-19-10-5-4-9-18(16)19)23-15-21(11-6-12-21)17-7-2-1-3-8-17/h1-5,7-10,14,22H,6,11-13,15H2,(H,23,24). The highest BCUT2D eigenvalue weighted by atomic mass is 16.1. The topological polar surface area (TPSA) is 44.9 Å². The highest BCUT2D eigenvalue weighted by Crippen LogP contribution is 2.43. The van der Waals surface area contributed by atoms with Crippen LogP contribution in [-0.4, -0.2) is 17.4 Å². The van der Waals surface area contributed by atoms with Gasteiger partial charge in [-0.3, -0.25) is 4.79 Å². The van der Waals surface area contributed by atoms with Crippen LogP contribution in [-0.2, 0) is 16.6 Å². The molecule has 4 rings (SSSR count). The van der Waals surface area contributed by atoms with Gasteiger partial charge in [-0.15, -0.1) is 0 Å². The maximum atomic E-state index is 12.4. The first kappa shape index (κ1) is 15.0. The minimum absolute atomic E-state index is 0.0990. The molecule has 0 radical (unpaired) electrons. The fourth-order valence-electron chi connectivity index (χ4n) is 3.74. The Morgan fingerprint density at radius 1 is 1.04 bits per heavy atom. The Morgan fingerprint density at radius 3 is 2.54 bits per heavy atom. The lowest BCUT2D eigenvalue weighted by atomic mass is 9.64. The molecule has 122 valence electrons. The van der Waals surface area contributed by atoms with Gasteiger partial charge in [0.2, 0.25) is 5.91 Å². The van der Waals surface area contributed by atoms with Crippen molar-refractivity contribution in [2.45, 2.75) is 31.1 Å². The van der Waals surface area contributed by atoms with E-state index in [1.807, 2.05) is 30.5 Å². The smallest absolute Gasteiger partial charge is 0.224 e. The molecule has 0 aliphatic heterocycles. The fraction of sp³-hybridized carbons (Fsp3) is 0.286. The van der Waals surface area contributed by atoms with Crippen LogP contribution in [0.4, 0.5) is 0 Å². The van der Waals surface area contributed by atoms with Crippen LogP contribution in [0.15, 0.2) is 60.8 Å². The minimum atomic E-state index is 0.0990. The van der Waals surface area contributed by atoms with Gasteiger partial charge in [0.15, 0.2) is 0 Å². The van der Waals surface area contributed by atoms with Crippen molar-refractivity contribution in [3.8, 4) is 0 Å². The predicted molar refractivity (Wildman–Crippen MR) is 97.0 cm³/mol. The van der Waals surface area contributed by atoms with Crippen LogP contribution in [0.2, 0.25) is 0 Å². The third kappa shape index (κ3) is 2.71. The molecule has 1 fully saturated rings. The third-order valence-electron chi connectivity index (χ3n) is 5.35. The molecule has 1 saturated carbocycles. The van der Waals surface area contributed by atoms with Gasteiger partial charge in [0.1, 0.15) is 0 Å². The summed E-state index contributed by atoms with van der Waals surface area (Å²) >= 11 is 0. The van der Waals surface area contributed by atoms with Gasteiger partial charge >= 0.3 is 0 Å². The zero-order valence-corrected chi connectivity index (χ0v) is 13.7. The number of hydrogen-bond donors (Lipinski definition) is 2. The average Bonchev–Trinajstić information content (AvgIpc) is 2.98. The Morgan fingerprint density at radius 2 is 1.79 bits per heavy atom. The van der Waals surface area contributed by atoms with Crippen molar-refractivity contribution in [3.63, 3.8) is 0 Å². The Balaban J connectivity index is 1.43. The number of amides is 1. The lowest BCUT2D eigenvalue weighted by Gasteiger charge is -2.42. The molecule has 1 aromatic heterocycles. The lowest BCUT2D eigenvalue weighted by molar-refractivity contribution is -0.120. The number of carbonyl (C=O) groups excluding carboxylic acids is 1. The van der Waals surface area contributed by atoms with Crippen LogP contribution in [0.25, 0.3) is 10.9 Å². The van der Waals surface area contributed by atoms with Crippen molar-refractivity contribution in [3.05, 3.63) is 71.9 Å². The van der Waals surface area contributed by atoms with E-state index in [1.54, 1.807) is 0 Å². The number of carbonyl (C=O) groups is 1. The van der Waals surface area contributed by atoms with Crippen molar-refractivity contribution in [1.29, 1.82) is 0 Å². The molecule has 0 atom stereocenters. The zero-order chi connectivity index (χ0) is 16.4. The van der Waals surface area contributed by atoms with Crippen LogP contribution < -0.4 is 5.32 Å². The fourth-order valence-corrected chi connectivity index (χ4v) is 3.74. The third-order valence-corrected chi connectivity index (χ3v) is 5.35. The number of hydrogen-bond acceptors (Lipinski definition) is 1. The molecule has 2 aromatic carbocycles. The number of para-hydroxylation sites is 1. The van der Waals surface area contributed by atoms with Crippen LogP contribution in [0, 0.1) is 0 Å². The maximum Gasteiger partial charge on any atom is 0.224 e. The molecule has 3 aromatic rings. The monoisotopic (exact) mass is 318 g/mol. The molecule has 0 saturated heterocycles. The quantitative estimate of drug-likeness (QED) is 0.735. The molecular weight excluding hydrogens is 296 g/mol. The summed E-state index contributed by atoms with van der Waals surface area (Å²) in [4.78, 5) is 15.7. The predicted octanol–water partition coefficient (Wildman–Crippen LogP) is 3.95. The van der Waals surface area contributed by atoms with Gasteiger partial charge in [-0.05, 0) is 30.0 Å². The molecule has 0 bridgehead atoms. The van der Waals surface area contributed by atoms with Crippen molar-refractivity contribution in [1.82, 2.24) is 10.3 Å². The Kier molecular flexibility index (Phi) is 3.85. The van der Waals surface area contributed by atoms with Gasteiger partial charge in [0.25, 0.3) is 0 Å². The summed E-state index contributed by atoms with van der Waals surface area (Å²) in [5, 5.41) is 4.31. The molecule has 1 aliphatic carbocycles. The van der Waals surface area contributed by atoms with Gasteiger partial charge in [0, 0.05) is 29.1 Å². The number of H-pyrrole nitrogens is 1. The van der Waals surface area contributed by atoms with Crippen LogP contribution in [0.1, 0.15) is 30.4 Å². The van der Waals surface area contributed by atoms with Crippen molar-refractivity contribution >= 4 is 16.8 Å². The number of rotatable bonds is 5. The van der Waals surface area contributed by atoms with Crippen molar-refractivity contribution < 1.29 is 4.79 Å². The minimum Gasteiger partial charge on any atom is -0.361 e. The Hall–Kier alpha value is -2.55. The van der Waals surface area contributed by atoms with Gasteiger partial charge in [-0.1, -0.05) is 55.0 Å². The molecule has 1 aliphatic rings. The van der Waals surface area contributed by atoms with E-state index in [4.69, 9.17) is 0 Å². The van der Waals surface area contributed by atoms with Gasteiger partial charge in [-0.25, -0.2) is 0 Å². The number of nitrogens with one attached hydrogen (secondary N) is 2. The number of aromatic amines is 1. The number of fused-ring (bicyclic) bond motifs is 1. The lowest BCUT2D eigenvalue weighted by Crippen LogP contribution is -2.45. The summed E-state index contributed by atoms with van der Waals surface area (Å²) in [5.74, 6) is 0.0990. The SMILES string of the molecule is O=C(Cc1c[nH]c2ccccc12)NCC1(c2ccccc2)CCC1. The van der Waals surface area contributed by atoms with Gasteiger partial charge < -0.3 is 10.3 Å². The van der Waals surface area contributed by atoms with Crippen molar-refractivity contribution in [2.24, 2.45) is 0 Å². The largest absolute Gasteiger partial charge is 0.361 e. The highest BCUT2D eigenvalue weighted by Gasteiger charge is 2.38. The molecule has 3 nitrogen and oxygen atoms in total. The van der Waals surface area contributed by atoms with Crippen LogP contribution in [0.5, 0.6) is 0 Å². The molecule has 0 unspecified atom stereocenters. The summed E-state index contributed by atoms with van der Waals surface area (Å²) in [6.07, 6.45) is 5.93. The maximum absolute atomic E-state index is 12.4. The zero-order valence-electron chi connectivity index (χ0n) is 13.7. The normalized spacial score (nSPS) is 15.8. The summed E-state index contributed by atoms with van der Waals surface area (Å²) in [6, 6.07) is 18.7. The molecule has 2 N–H and O–H groups in total. The molecule has 24 heavy (non-hydrogen) atoms. The molecule has 3 heteroatoms. The van der Waals surface area contributed by atoms with E-state index in [1.165, 1.54) is 12.0 Å². The summed E-state index contributed by atoms with van der Waals surface area (Å²) in [5.41, 5.74) is 3.63. The number of benzene rings is 2. The molecule has 0 spiro atoms. The van der Waals surface area contributed by atoms with Gasteiger partial charge in [0.05, 0.1) is 6.42 Å². The van der Waals surface area contributed by atoms with E-state index in [9.17, 15) is 4.79 Å². The van der Waals surface area contributed by atoms with Crippen molar-refractivity contribution in [2.75, 3.05) is 6.54 Å². The number of aromatic nitrogens is 1. The van der Waals surface area contributed by atoms with Crippen LogP contribution >= 0.6 is 0 Å². The first-order valence-electron chi connectivity index (χ1n) is 8.64. The van der Waals surface area contributed by atoms with E-state index in [0.717, 1.165) is 35.9 Å². The average molecular weight is 318 g/mol. The van der Waals surface area contributed by atoms with E-state index >= 15 is 0 Å². The van der Waals surface area contributed by atoms with E-state index in [0.29, 0.717) is 6.42 Å². The Bertz CT molecular complexity index is 846. The molecular formula is C21H22N2O. The second-order valence-electron chi connectivity index (χ2n) is 6.81. The summed E-state index contributed by atoms with van der Waals surface area (Å²) < 4.78 is 0. The second kappa shape index (κ2) is 6.16. The molecule has 1 heterocycles. The van der Waals surface area contributed by atoms with Crippen LogP contribution in [0.3, 0.4) is 0 Å². The summed E-state index contributed by atoms with van der Waals surface area (Å²) in [7, 11) is 0. The van der Waals surface area contributed by atoms with E-state index in [2.05, 4.69) is 40.6 Å². The van der Waals surface area contributed by atoms with E-state index in [-0.39, 0.29) is 11.3 Å². The Labute approximate surface area is 142 Å². The second-order valence-corrected chi connectivity index (χ2v) is 6.81. The molecule has 1 amide bonds. The van der Waals surface area contributed by atoms with E-state index < -0.39 is 0 Å². The first-order chi connectivity index (χ1) is 11.8. The first-order valence-corrected chi connectivity index (χ1v) is 8.64. The highest BCUT2D eigenvalue weighted by molar-refractivity contribution is 5.88.